The Labute approximate surface area is 286 Å². The van der Waals surface area contributed by atoms with Gasteiger partial charge in [0.2, 0.25) is 0 Å². The molecule has 8 nitrogen and oxygen atoms in total. The van der Waals surface area contributed by atoms with E-state index in [0.717, 1.165) is 68.2 Å². The molecule has 2 aromatic carbocycles. The Balaban J connectivity index is 0.00000201. The zero-order chi connectivity index (χ0) is 34.4. The fourth-order valence-corrected chi connectivity index (χ4v) is 5.37. The van der Waals surface area contributed by atoms with Crippen molar-refractivity contribution < 1.29 is 46.8 Å². The maximum Gasteiger partial charge on any atom is 2.00 e. The quantitative estimate of drug-likeness (QED) is 0.308. The third-order valence-electron chi connectivity index (χ3n) is 7.24. The van der Waals surface area contributed by atoms with Crippen molar-refractivity contribution in [2.24, 2.45) is 21.8 Å². The van der Waals surface area contributed by atoms with Crippen molar-refractivity contribution in [1.82, 2.24) is 0 Å². The van der Waals surface area contributed by atoms with E-state index in [-0.39, 0.29) is 40.7 Å². The number of carboxylic acids is 2. The molecule has 0 heterocycles. The Morgan fingerprint density at radius 3 is 1.28 bits per heavy atom. The first-order valence-electron chi connectivity index (χ1n) is 16.1. The first-order valence-corrected chi connectivity index (χ1v) is 16.1. The van der Waals surface area contributed by atoms with E-state index < -0.39 is 11.9 Å². The van der Waals surface area contributed by atoms with Gasteiger partial charge in [0, 0.05) is 35.5 Å². The van der Waals surface area contributed by atoms with Crippen molar-refractivity contribution in [1.29, 1.82) is 0 Å². The van der Waals surface area contributed by atoms with Gasteiger partial charge in [-0.15, -0.1) is 0 Å². The largest absolute Gasteiger partial charge is 2.00 e. The third-order valence-corrected chi connectivity index (χ3v) is 7.24. The van der Waals surface area contributed by atoms with Crippen LogP contribution in [0.5, 0.6) is 11.5 Å². The molecule has 2 unspecified atom stereocenters. The molecule has 0 spiro atoms. The summed E-state index contributed by atoms with van der Waals surface area (Å²) in [7, 11) is 0. The second kappa shape index (κ2) is 20.8. The van der Waals surface area contributed by atoms with Crippen LogP contribution >= 0.6 is 0 Å². The minimum Gasteiger partial charge on any atom is -0.550 e. The molecule has 0 aliphatic heterocycles. The average Bonchev–Trinajstić information content (AvgIpc) is 3.34. The third kappa shape index (κ3) is 15.4. The summed E-state index contributed by atoms with van der Waals surface area (Å²) in [5, 5.41) is 39.7. The SMILES string of the molecule is CC(=O)[O-].CC(=O)[O-].CC(C)Cc1cc(C=NC2CCCC2N=Cc2cc(CC(C)C)cc(C(C)C)c2O)c(O)c(C(C)C)c1.[Co+2]. The van der Waals surface area contributed by atoms with Gasteiger partial charge in [-0.1, -0.05) is 67.5 Å². The van der Waals surface area contributed by atoms with Gasteiger partial charge in [0.1, 0.15) is 11.5 Å². The Morgan fingerprint density at radius 2 is 1.02 bits per heavy atom. The van der Waals surface area contributed by atoms with Crippen LogP contribution in [0.1, 0.15) is 134 Å². The van der Waals surface area contributed by atoms with E-state index >= 15 is 0 Å². The van der Waals surface area contributed by atoms with Gasteiger partial charge < -0.3 is 30.0 Å². The van der Waals surface area contributed by atoms with E-state index in [0.29, 0.717) is 23.3 Å². The standard InChI is InChI=1S/C33H48N2O2.2C2H4O2.Co/c1-20(2)12-24-14-26(32(36)28(16-24)22(5)6)18-34-30-10-9-11-31(30)35-19-27-15-25(13-21(3)4)17-29(23(7)8)33(27)37;2*1-2(3)4;/h14-23,30-31,36-37H,9-13H2,1-8H3;2*1H3,(H,3,4);/q;;;+2/p-2. The van der Waals surface area contributed by atoms with Gasteiger partial charge in [-0.2, -0.15) is 0 Å². The van der Waals surface area contributed by atoms with Crippen molar-refractivity contribution in [3.05, 3.63) is 57.6 Å². The van der Waals surface area contributed by atoms with Crippen molar-refractivity contribution in [2.45, 2.75) is 125 Å². The molecule has 46 heavy (non-hydrogen) atoms. The number of carbonyl (C=O) groups is 2. The Kier molecular flexibility index (Phi) is 19.4. The number of hydrogen-bond donors (Lipinski definition) is 2. The summed E-state index contributed by atoms with van der Waals surface area (Å²) < 4.78 is 0. The molecule has 2 N–H and O–H groups in total. The van der Waals surface area contributed by atoms with Crippen molar-refractivity contribution in [2.75, 3.05) is 0 Å². The molecule has 0 saturated heterocycles. The molecular weight excluding hydrogens is 627 g/mol. The predicted octanol–water partition coefficient (Wildman–Crippen LogP) is 5.71. The van der Waals surface area contributed by atoms with Gasteiger partial charge in [0.25, 0.3) is 0 Å². The van der Waals surface area contributed by atoms with Crippen molar-refractivity contribution in [3.63, 3.8) is 0 Å². The Morgan fingerprint density at radius 1 is 0.717 bits per heavy atom. The normalized spacial score (nSPS) is 16.0. The predicted molar refractivity (Wildman–Crippen MR) is 179 cm³/mol. The van der Waals surface area contributed by atoms with Gasteiger partial charge in [0.15, 0.2) is 0 Å². The minimum atomic E-state index is -1.08. The second-order valence-electron chi connectivity index (χ2n) is 13.4. The Bertz CT molecular complexity index is 1210. The molecular formula is C37H54CoN2O6. The number of aliphatic imine (C=N–C) groups is 2. The maximum absolute atomic E-state index is 11.0. The number of carboxylic acid groups (broad SMARTS) is 2. The van der Waals surface area contributed by atoms with E-state index in [2.05, 4.69) is 79.7 Å². The fourth-order valence-electron chi connectivity index (χ4n) is 5.37. The molecule has 3 rings (SSSR count). The number of aromatic hydroxyl groups is 2. The number of rotatable bonds is 10. The topological polar surface area (TPSA) is 145 Å². The van der Waals surface area contributed by atoms with Gasteiger partial charge in [0.05, 0.1) is 12.1 Å². The first kappa shape index (κ1) is 42.8. The molecule has 1 radical (unpaired) electrons. The Hall–Kier alpha value is -3.17. The summed E-state index contributed by atoms with van der Waals surface area (Å²) in [6, 6.07) is 8.62. The first-order chi connectivity index (χ1) is 20.9. The van der Waals surface area contributed by atoms with Crippen LogP contribution < -0.4 is 10.2 Å². The average molecular weight is 682 g/mol. The second-order valence-corrected chi connectivity index (χ2v) is 13.4. The summed E-state index contributed by atoms with van der Waals surface area (Å²) in [5.41, 5.74) is 6.07. The van der Waals surface area contributed by atoms with E-state index in [4.69, 9.17) is 29.8 Å². The van der Waals surface area contributed by atoms with Crippen LogP contribution in [-0.2, 0) is 39.2 Å². The number of aliphatic carboxylic acids is 2. The van der Waals surface area contributed by atoms with Crippen LogP contribution in [0.15, 0.2) is 34.3 Å². The maximum atomic E-state index is 11.0. The van der Waals surface area contributed by atoms with Crippen LogP contribution in [0.3, 0.4) is 0 Å². The van der Waals surface area contributed by atoms with E-state index in [1.54, 1.807) is 0 Å². The van der Waals surface area contributed by atoms with Crippen LogP contribution in [0.4, 0.5) is 0 Å². The van der Waals surface area contributed by atoms with Crippen LogP contribution in [-0.4, -0.2) is 46.7 Å². The van der Waals surface area contributed by atoms with Crippen LogP contribution in [0.2, 0.25) is 0 Å². The zero-order valence-corrected chi connectivity index (χ0v) is 30.3. The fraction of sp³-hybridized carbons (Fsp3) is 0.568. The number of benzene rings is 2. The monoisotopic (exact) mass is 681 g/mol. The summed E-state index contributed by atoms with van der Waals surface area (Å²) in [4.78, 5) is 27.6. The molecule has 1 saturated carbocycles. The van der Waals surface area contributed by atoms with Gasteiger partial charge in [-0.05, 0) is 104 Å². The summed E-state index contributed by atoms with van der Waals surface area (Å²) >= 11 is 0. The van der Waals surface area contributed by atoms with E-state index in [1.807, 2.05) is 12.4 Å². The number of phenolic OH excluding ortho intramolecular Hbond substituents is 2. The molecule has 9 heteroatoms. The van der Waals surface area contributed by atoms with Gasteiger partial charge in [-0.3, -0.25) is 9.98 Å². The number of phenols is 2. The smallest absolute Gasteiger partial charge is 0.550 e. The van der Waals surface area contributed by atoms with Crippen LogP contribution in [0, 0.1) is 11.8 Å². The molecule has 2 aromatic rings. The molecule has 1 aliphatic rings. The molecule has 0 bridgehead atoms. The summed E-state index contributed by atoms with van der Waals surface area (Å²) in [6.45, 7) is 19.3. The minimum absolute atomic E-state index is 0. The number of nitrogens with zero attached hydrogens (tertiary/aromatic N) is 2. The van der Waals surface area contributed by atoms with Gasteiger partial charge in [-0.25, -0.2) is 0 Å². The molecule has 257 valence electrons. The summed E-state index contributed by atoms with van der Waals surface area (Å²) in [5.74, 6) is 0.120. The van der Waals surface area contributed by atoms with Crippen molar-refractivity contribution in [3.8, 4) is 11.5 Å². The zero-order valence-electron chi connectivity index (χ0n) is 29.2. The molecule has 1 fully saturated rings. The van der Waals surface area contributed by atoms with Crippen LogP contribution in [0.25, 0.3) is 0 Å². The number of carbonyl (C=O) groups excluding carboxylic acids is 2. The molecule has 2 atom stereocenters. The molecule has 1 aliphatic carbocycles. The number of hydrogen-bond acceptors (Lipinski definition) is 8. The van der Waals surface area contributed by atoms with E-state index in [1.165, 1.54) is 11.1 Å². The molecule has 0 amide bonds. The van der Waals surface area contributed by atoms with Crippen molar-refractivity contribution >= 4 is 24.4 Å². The summed E-state index contributed by atoms with van der Waals surface area (Å²) in [6.07, 6.45) is 8.74. The van der Waals surface area contributed by atoms with Gasteiger partial charge >= 0.3 is 16.8 Å². The molecule has 0 aromatic heterocycles. The van der Waals surface area contributed by atoms with E-state index in [9.17, 15) is 10.2 Å².